The second-order valence-corrected chi connectivity index (χ2v) is 9.65. The van der Waals surface area contributed by atoms with Crippen LogP contribution in [0.5, 0.6) is 0 Å². The van der Waals surface area contributed by atoms with Crippen molar-refractivity contribution in [1.82, 2.24) is 0 Å². The zero-order chi connectivity index (χ0) is 18.3. The normalized spacial score (nSPS) is 51.2. The van der Waals surface area contributed by atoms with Gasteiger partial charge in [-0.15, -0.1) is 0 Å². The van der Waals surface area contributed by atoms with Gasteiger partial charge in [-0.1, -0.05) is 20.3 Å². The summed E-state index contributed by atoms with van der Waals surface area (Å²) in [6.45, 7) is 6.11. The Morgan fingerprint density at radius 1 is 1.24 bits per heavy atom. The molecule has 1 unspecified atom stereocenters. The Morgan fingerprint density at radius 2 is 1.96 bits per heavy atom. The molecule has 0 amide bonds. The fraction of sp³-hybridized carbons (Fsp3) is 0.800. The fourth-order valence-corrected chi connectivity index (χ4v) is 6.61. The minimum absolute atomic E-state index is 0.00108. The van der Waals surface area contributed by atoms with E-state index in [-0.39, 0.29) is 29.8 Å². The number of esters is 1. The lowest BCUT2D eigenvalue weighted by molar-refractivity contribution is -0.165. The summed E-state index contributed by atoms with van der Waals surface area (Å²) in [5.74, 6) is -0.939. The van der Waals surface area contributed by atoms with Crippen LogP contribution in [0.2, 0.25) is 0 Å². The molecule has 0 radical (unpaired) electrons. The third kappa shape index (κ3) is 2.05. The second kappa shape index (κ2) is 4.87. The van der Waals surface area contributed by atoms with E-state index in [9.17, 15) is 19.8 Å². The van der Waals surface area contributed by atoms with E-state index in [0.717, 1.165) is 24.8 Å². The number of ether oxygens (including phenoxy) is 1. The van der Waals surface area contributed by atoms with Gasteiger partial charge in [-0.3, -0.25) is 9.59 Å². The molecule has 0 spiro atoms. The Morgan fingerprint density at radius 3 is 2.64 bits per heavy atom. The van der Waals surface area contributed by atoms with Gasteiger partial charge in [0.2, 0.25) is 0 Å². The lowest BCUT2D eigenvalue weighted by atomic mass is 9.43. The quantitative estimate of drug-likeness (QED) is 0.592. The van der Waals surface area contributed by atoms with Crippen LogP contribution in [0.3, 0.4) is 0 Å². The highest BCUT2D eigenvalue weighted by molar-refractivity contribution is 5.80. The smallest absolute Gasteiger partial charge is 0.312 e. The monoisotopic (exact) mass is 348 g/mol. The van der Waals surface area contributed by atoms with Gasteiger partial charge in [0.05, 0.1) is 17.4 Å². The van der Waals surface area contributed by atoms with E-state index in [1.807, 2.05) is 19.9 Å². The van der Waals surface area contributed by atoms with Crippen LogP contribution < -0.4 is 0 Å². The summed E-state index contributed by atoms with van der Waals surface area (Å²) in [5.41, 5.74) is -1.33. The van der Waals surface area contributed by atoms with E-state index in [1.165, 1.54) is 0 Å². The summed E-state index contributed by atoms with van der Waals surface area (Å²) >= 11 is 0. The van der Waals surface area contributed by atoms with Gasteiger partial charge in [0.25, 0.3) is 0 Å². The van der Waals surface area contributed by atoms with Crippen molar-refractivity contribution in [2.24, 2.45) is 22.2 Å². The molecule has 5 nitrogen and oxygen atoms in total. The summed E-state index contributed by atoms with van der Waals surface area (Å²) < 4.78 is 5.75. The van der Waals surface area contributed by atoms with Gasteiger partial charge in [-0.25, -0.2) is 0 Å². The number of carboxylic acid groups (broad SMARTS) is 1. The molecule has 2 N–H and O–H groups in total. The molecule has 0 bridgehead atoms. The van der Waals surface area contributed by atoms with Gasteiger partial charge in [-0.05, 0) is 56.1 Å². The van der Waals surface area contributed by atoms with Crippen LogP contribution in [0.4, 0.5) is 0 Å². The number of carboxylic acids is 1. The summed E-state index contributed by atoms with van der Waals surface area (Å²) in [7, 11) is 0. The molecule has 4 aliphatic rings. The Labute approximate surface area is 148 Å². The van der Waals surface area contributed by atoms with Gasteiger partial charge < -0.3 is 14.9 Å². The molecule has 1 heterocycles. The molecule has 138 valence electrons. The predicted molar refractivity (Wildman–Crippen MR) is 90.7 cm³/mol. The molecule has 3 fully saturated rings. The molecule has 6 atom stereocenters. The molecule has 25 heavy (non-hydrogen) atoms. The first-order valence-corrected chi connectivity index (χ1v) is 9.41. The van der Waals surface area contributed by atoms with Crippen molar-refractivity contribution in [2.75, 3.05) is 0 Å². The van der Waals surface area contributed by atoms with Crippen molar-refractivity contribution in [1.29, 1.82) is 0 Å². The number of rotatable bonds is 2. The molecule has 3 aliphatic carbocycles. The number of carbonyl (C=O) groups is 2. The Hall–Kier alpha value is -1.36. The number of carbonyl (C=O) groups excluding carboxylic acids is 1. The maximum absolute atomic E-state index is 12.6. The SMILES string of the molecule is C[C@]1(CC(=O)O)CCC2(O)C(=C[C@H]3OC(=O)[C@@]4(C)CCC[C@@]2(C)[C@@H]34)C1. The van der Waals surface area contributed by atoms with E-state index in [0.29, 0.717) is 19.3 Å². The van der Waals surface area contributed by atoms with Crippen LogP contribution in [0.25, 0.3) is 0 Å². The third-order valence-electron chi connectivity index (χ3n) is 7.93. The molecule has 4 rings (SSSR count). The van der Waals surface area contributed by atoms with Crippen molar-refractivity contribution in [3.8, 4) is 0 Å². The topological polar surface area (TPSA) is 83.8 Å². The van der Waals surface area contributed by atoms with Crippen LogP contribution in [0.15, 0.2) is 11.6 Å². The van der Waals surface area contributed by atoms with Gasteiger partial charge in [-0.2, -0.15) is 0 Å². The minimum atomic E-state index is -0.957. The zero-order valence-corrected chi connectivity index (χ0v) is 15.3. The molecular weight excluding hydrogens is 320 g/mol. The van der Waals surface area contributed by atoms with E-state index in [2.05, 4.69) is 6.92 Å². The summed E-state index contributed by atoms with van der Waals surface area (Å²) in [5, 5.41) is 21.0. The first kappa shape index (κ1) is 17.1. The van der Waals surface area contributed by atoms with Gasteiger partial charge in [0, 0.05) is 11.3 Å². The highest BCUT2D eigenvalue weighted by atomic mass is 16.6. The lowest BCUT2D eigenvalue weighted by Crippen LogP contribution is -2.63. The summed E-state index contributed by atoms with van der Waals surface area (Å²) in [4.78, 5) is 23.9. The van der Waals surface area contributed by atoms with Crippen molar-refractivity contribution in [2.45, 2.75) is 77.4 Å². The van der Waals surface area contributed by atoms with E-state index in [1.54, 1.807) is 0 Å². The average Bonchev–Trinajstić information content (AvgIpc) is 2.74. The molecule has 0 aromatic heterocycles. The number of aliphatic hydroxyl groups is 1. The zero-order valence-electron chi connectivity index (χ0n) is 15.3. The van der Waals surface area contributed by atoms with Crippen LogP contribution in [0, 0.1) is 22.2 Å². The second-order valence-electron chi connectivity index (χ2n) is 9.65. The molecule has 0 aromatic carbocycles. The van der Waals surface area contributed by atoms with E-state index < -0.39 is 22.4 Å². The Kier molecular flexibility index (Phi) is 3.33. The minimum Gasteiger partial charge on any atom is -0.481 e. The van der Waals surface area contributed by atoms with Gasteiger partial charge in [0.15, 0.2) is 0 Å². The highest BCUT2D eigenvalue weighted by Crippen LogP contribution is 2.68. The lowest BCUT2D eigenvalue weighted by Gasteiger charge is -2.61. The van der Waals surface area contributed by atoms with Crippen molar-refractivity contribution in [3.63, 3.8) is 0 Å². The largest absolute Gasteiger partial charge is 0.481 e. The number of hydrogen-bond acceptors (Lipinski definition) is 4. The van der Waals surface area contributed by atoms with Crippen molar-refractivity contribution in [3.05, 3.63) is 11.6 Å². The number of hydrogen-bond donors (Lipinski definition) is 2. The van der Waals surface area contributed by atoms with Crippen molar-refractivity contribution >= 4 is 11.9 Å². The van der Waals surface area contributed by atoms with Crippen LogP contribution in [-0.2, 0) is 14.3 Å². The average molecular weight is 348 g/mol. The summed E-state index contributed by atoms with van der Waals surface area (Å²) in [6, 6.07) is 0. The van der Waals surface area contributed by atoms with E-state index in [4.69, 9.17) is 4.74 Å². The molecule has 5 heteroatoms. The molecule has 2 saturated carbocycles. The van der Waals surface area contributed by atoms with Gasteiger partial charge in [0.1, 0.15) is 6.10 Å². The number of aliphatic carboxylic acids is 1. The van der Waals surface area contributed by atoms with E-state index >= 15 is 0 Å². The predicted octanol–water partition coefficient (Wildman–Crippen LogP) is 3.06. The van der Waals surface area contributed by atoms with Crippen LogP contribution in [0.1, 0.15) is 65.7 Å². The fourth-order valence-electron chi connectivity index (χ4n) is 6.61. The first-order chi connectivity index (χ1) is 11.5. The summed E-state index contributed by atoms with van der Waals surface area (Å²) in [6.07, 6.45) is 6.19. The Balaban J connectivity index is 1.79. The van der Waals surface area contributed by atoms with Crippen LogP contribution >= 0.6 is 0 Å². The standard InChI is InChI=1S/C20H28O5/c1-17(11-14(21)22)7-8-20(24)12(10-17)9-13-15-18(2,16(23)25-13)5-4-6-19(15,20)3/h9,13,15,24H,4-8,10-11H2,1-3H3,(H,21,22)/t13-,15+,17+,18+,19+,20?/m1/s1. The molecular formula is C20H28O5. The molecule has 0 aromatic rings. The maximum atomic E-state index is 12.6. The van der Waals surface area contributed by atoms with Gasteiger partial charge >= 0.3 is 11.9 Å². The molecule has 1 aliphatic heterocycles. The first-order valence-electron chi connectivity index (χ1n) is 9.41. The van der Waals surface area contributed by atoms with Crippen molar-refractivity contribution < 1.29 is 24.5 Å². The highest BCUT2D eigenvalue weighted by Gasteiger charge is 2.70. The third-order valence-corrected chi connectivity index (χ3v) is 7.93. The number of fused-ring (bicyclic) bond motifs is 2. The molecule has 1 saturated heterocycles. The Bertz CT molecular complexity index is 684. The maximum Gasteiger partial charge on any atom is 0.312 e. The van der Waals surface area contributed by atoms with Crippen LogP contribution in [-0.4, -0.2) is 33.9 Å².